The summed E-state index contributed by atoms with van der Waals surface area (Å²) < 4.78 is 1.35. The van der Waals surface area contributed by atoms with Gasteiger partial charge >= 0.3 is 18.2 Å². The van der Waals surface area contributed by atoms with Crippen LogP contribution in [0.15, 0.2) is 42.5 Å². The van der Waals surface area contributed by atoms with E-state index in [9.17, 15) is 0 Å². The van der Waals surface area contributed by atoms with Gasteiger partial charge in [-0.25, -0.2) is 0 Å². The SMILES string of the molecule is [Br][Mg][CH2]Cc1ccc2ccccc2c1. The van der Waals surface area contributed by atoms with Crippen molar-refractivity contribution in [1.82, 2.24) is 0 Å². The van der Waals surface area contributed by atoms with Crippen LogP contribution in [0.2, 0.25) is 4.55 Å². The molecule has 2 aromatic rings. The number of benzene rings is 2. The molecule has 0 atom stereocenters. The van der Waals surface area contributed by atoms with Gasteiger partial charge < -0.3 is 12.9 Å². The Morgan fingerprint density at radius 3 is 2.57 bits per heavy atom. The van der Waals surface area contributed by atoms with Gasteiger partial charge in [-0.05, 0) is 22.8 Å². The van der Waals surface area contributed by atoms with E-state index in [-0.39, 0.29) is 18.2 Å². The lowest BCUT2D eigenvalue weighted by Crippen LogP contribution is -1.86. The molecule has 2 aromatic carbocycles. The fourth-order valence-electron chi connectivity index (χ4n) is 1.67. The highest BCUT2D eigenvalue weighted by Crippen LogP contribution is 2.16. The van der Waals surface area contributed by atoms with E-state index in [1.54, 1.807) is 0 Å². The Balaban J connectivity index is 2.32. The van der Waals surface area contributed by atoms with Gasteiger partial charge in [0.1, 0.15) is 0 Å². The van der Waals surface area contributed by atoms with E-state index in [2.05, 4.69) is 55.3 Å². The van der Waals surface area contributed by atoms with Crippen LogP contribution in [0.5, 0.6) is 0 Å². The van der Waals surface area contributed by atoms with Crippen LogP contribution in [0.1, 0.15) is 5.56 Å². The predicted molar refractivity (Wildman–Crippen MR) is 67.1 cm³/mol. The van der Waals surface area contributed by atoms with Crippen molar-refractivity contribution in [3.8, 4) is 0 Å². The highest BCUT2D eigenvalue weighted by molar-refractivity contribution is 9.23. The van der Waals surface area contributed by atoms with Crippen LogP contribution >= 0.6 is 12.9 Å². The van der Waals surface area contributed by atoms with Crippen molar-refractivity contribution in [2.45, 2.75) is 11.0 Å². The first-order valence-electron chi connectivity index (χ1n) is 4.94. The molecule has 0 aliphatic heterocycles. The minimum absolute atomic E-state index is 0.0312. The largest absolute Gasteiger partial charge is 0.468 e. The molecular formula is C12H11BrMg. The van der Waals surface area contributed by atoms with Crippen molar-refractivity contribution in [2.75, 3.05) is 0 Å². The lowest BCUT2D eigenvalue weighted by Gasteiger charge is -2.02. The fourth-order valence-corrected chi connectivity index (χ4v) is 3.05. The fraction of sp³-hybridized carbons (Fsp3) is 0.167. The van der Waals surface area contributed by atoms with Crippen LogP contribution in [0.25, 0.3) is 10.8 Å². The summed E-state index contributed by atoms with van der Waals surface area (Å²) >= 11 is 3.63. The van der Waals surface area contributed by atoms with E-state index in [1.165, 1.54) is 27.3 Å². The van der Waals surface area contributed by atoms with Gasteiger partial charge in [0, 0.05) is 0 Å². The molecular weight excluding hydrogens is 248 g/mol. The van der Waals surface area contributed by atoms with Gasteiger partial charge in [0.05, 0.1) is 0 Å². The summed E-state index contributed by atoms with van der Waals surface area (Å²) in [6.07, 6.45) is 1.22. The highest BCUT2D eigenvalue weighted by atomic mass is 79.9. The topological polar surface area (TPSA) is 0 Å². The van der Waals surface area contributed by atoms with Gasteiger partial charge in [0.2, 0.25) is 0 Å². The second kappa shape index (κ2) is 5.15. The Hall–Kier alpha value is -0.0538. The summed E-state index contributed by atoms with van der Waals surface area (Å²) in [6.45, 7) is 0. The zero-order valence-corrected chi connectivity index (χ0v) is 11.0. The molecule has 0 saturated heterocycles. The standard InChI is InChI=1S/C12H11.BrH.Mg/c1-2-10-7-8-11-5-3-4-6-12(11)9-10;;/h3-9H,1-2H2;1H;/q;;+1/p-1. The van der Waals surface area contributed by atoms with Crippen molar-refractivity contribution in [3.63, 3.8) is 0 Å². The summed E-state index contributed by atoms with van der Waals surface area (Å²) in [5.74, 6) is 0. The van der Waals surface area contributed by atoms with Crippen molar-refractivity contribution >= 4 is 41.8 Å². The van der Waals surface area contributed by atoms with Crippen LogP contribution in [0.3, 0.4) is 0 Å². The molecule has 0 amide bonds. The van der Waals surface area contributed by atoms with Crippen LogP contribution in [0.4, 0.5) is 0 Å². The van der Waals surface area contributed by atoms with Gasteiger partial charge in [-0.3, -0.25) is 0 Å². The van der Waals surface area contributed by atoms with Crippen molar-refractivity contribution < 1.29 is 0 Å². The Labute approximate surface area is 100 Å². The lowest BCUT2D eigenvalue weighted by atomic mass is 10.1. The number of fused-ring (bicyclic) bond motifs is 1. The molecule has 0 saturated carbocycles. The van der Waals surface area contributed by atoms with Gasteiger partial charge in [-0.1, -0.05) is 42.5 Å². The predicted octanol–water partition coefficient (Wildman–Crippen LogP) is 3.81. The molecule has 0 bridgehead atoms. The Morgan fingerprint density at radius 1 is 1.00 bits per heavy atom. The number of halogens is 1. The van der Waals surface area contributed by atoms with E-state index in [4.69, 9.17) is 0 Å². The molecule has 0 N–H and O–H groups in total. The lowest BCUT2D eigenvalue weighted by molar-refractivity contribution is 1.14. The molecule has 0 nitrogen and oxygen atoms in total. The van der Waals surface area contributed by atoms with Gasteiger partial charge in [-0.2, -0.15) is 0 Å². The molecule has 68 valence electrons. The summed E-state index contributed by atoms with van der Waals surface area (Å²) in [4.78, 5) is 0. The van der Waals surface area contributed by atoms with Gasteiger partial charge in [-0.15, -0.1) is 4.55 Å². The minimum Gasteiger partial charge on any atom is -0.307 e. The Bertz CT molecular complexity index is 425. The molecule has 0 spiro atoms. The quantitative estimate of drug-likeness (QED) is 0.735. The zero-order valence-electron chi connectivity index (χ0n) is 8.04. The number of hydrogen-bond acceptors (Lipinski definition) is 0. The molecule has 0 heterocycles. The summed E-state index contributed by atoms with van der Waals surface area (Å²) in [5, 5.41) is 2.70. The monoisotopic (exact) mass is 258 g/mol. The van der Waals surface area contributed by atoms with Crippen LogP contribution in [0, 0.1) is 0 Å². The molecule has 0 aliphatic carbocycles. The van der Waals surface area contributed by atoms with Crippen molar-refractivity contribution in [3.05, 3.63) is 48.0 Å². The second-order valence-electron chi connectivity index (χ2n) is 3.47. The molecule has 0 fully saturated rings. The van der Waals surface area contributed by atoms with Gasteiger partial charge in [0.25, 0.3) is 0 Å². The van der Waals surface area contributed by atoms with Crippen molar-refractivity contribution in [2.24, 2.45) is 0 Å². The molecule has 0 aromatic heterocycles. The maximum atomic E-state index is 3.60. The number of aryl methyl sites for hydroxylation is 1. The highest BCUT2D eigenvalue weighted by Gasteiger charge is 1.96. The average Bonchev–Trinajstić information content (AvgIpc) is 2.26. The first-order valence-corrected chi connectivity index (χ1v) is 9.84. The Kier molecular flexibility index (Phi) is 3.85. The molecule has 2 rings (SSSR count). The van der Waals surface area contributed by atoms with E-state index >= 15 is 0 Å². The average molecular weight is 259 g/mol. The third kappa shape index (κ3) is 2.50. The first-order chi connectivity index (χ1) is 6.90. The molecule has 14 heavy (non-hydrogen) atoms. The third-order valence-corrected chi connectivity index (χ3v) is 4.72. The number of rotatable bonds is 3. The van der Waals surface area contributed by atoms with E-state index in [1.807, 2.05) is 0 Å². The minimum atomic E-state index is 0.0312. The van der Waals surface area contributed by atoms with E-state index < -0.39 is 0 Å². The van der Waals surface area contributed by atoms with Gasteiger partial charge in [0.15, 0.2) is 0 Å². The molecule has 2 heteroatoms. The van der Waals surface area contributed by atoms with Crippen molar-refractivity contribution in [1.29, 1.82) is 0 Å². The van der Waals surface area contributed by atoms with Crippen LogP contribution in [-0.2, 0) is 6.42 Å². The molecule has 0 aliphatic rings. The Morgan fingerprint density at radius 2 is 1.79 bits per heavy atom. The molecule has 0 unspecified atom stereocenters. The van der Waals surface area contributed by atoms with Crippen LogP contribution in [-0.4, -0.2) is 18.2 Å². The van der Waals surface area contributed by atoms with E-state index in [0.29, 0.717) is 0 Å². The number of hydrogen-bond donors (Lipinski definition) is 0. The van der Waals surface area contributed by atoms with Crippen LogP contribution < -0.4 is 0 Å². The maximum absolute atomic E-state index is 3.60. The normalized spacial score (nSPS) is 10.1. The molecule has 0 radical (unpaired) electrons. The summed E-state index contributed by atoms with van der Waals surface area (Å²) in [5.41, 5.74) is 1.47. The van der Waals surface area contributed by atoms with E-state index in [0.717, 1.165) is 0 Å². The maximum Gasteiger partial charge on any atom is 0.468 e. The zero-order chi connectivity index (χ0) is 9.80. The summed E-state index contributed by atoms with van der Waals surface area (Å²) in [6, 6.07) is 15.3. The smallest absolute Gasteiger partial charge is 0.307 e. The first kappa shape index (κ1) is 10.5. The third-order valence-electron chi connectivity index (χ3n) is 2.41. The summed E-state index contributed by atoms with van der Waals surface area (Å²) in [7, 11) is 0. The second-order valence-corrected chi connectivity index (χ2v) is 6.94.